The van der Waals surface area contributed by atoms with Crippen LogP contribution >= 0.6 is 0 Å². The summed E-state index contributed by atoms with van der Waals surface area (Å²) in [4.78, 5) is 29.5. The van der Waals surface area contributed by atoms with Crippen LogP contribution in [-0.4, -0.2) is 32.4 Å². The second-order valence-corrected chi connectivity index (χ2v) is 7.94. The van der Waals surface area contributed by atoms with Crippen LogP contribution in [0.1, 0.15) is 21.7 Å². The predicted octanol–water partition coefficient (Wildman–Crippen LogP) is 4.12. The lowest BCUT2D eigenvalue weighted by Gasteiger charge is -2.14. The molecule has 0 aliphatic carbocycles. The zero-order chi connectivity index (χ0) is 23.3. The van der Waals surface area contributed by atoms with Gasteiger partial charge in [-0.2, -0.15) is 0 Å². The van der Waals surface area contributed by atoms with Gasteiger partial charge in [-0.3, -0.25) is 9.78 Å². The molecule has 0 saturated heterocycles. The Balaban J connectivity index is 1.56. The molecule has 0 aliphatic rings. The number of benzene rings is 2. The highest BCUT2D eigenvalue weighted by atomic mass is 16.1. The summed E-state index contributed by atoms with van der Waals surface area (Å²) >= 11 is 0. The molecule has 2 aromatic carbocycles. The first-order valence-electron chi connectivity index (χ1n) is 11.1. The fraction of sp³-hybridized carbons (Fsp3) is 0.111. The van der Waals surface area contributed by atoms with E-state index in [1.54, 1.807) is 12.5 Å². The van der Waals surface area contributed by atoms with E-state index < -0.39 is 0 Å². The monoisotopic (exact) mass is 448 g/mol. The molecule has 7 heteroatoms. The molecule has 1 amide bonds. The number of rotatable bonds is 7. The van der Waals surface area contributed by atoms with Gasteiger partial charge in [-0.25, -0.2) is 9.97 Å². The van der Waals surface area contributed by atoms with E-state index in [2.05, 4.69) is 20.3 Å². The van der Waals surface area contributed by atoms with Crippen LogP contribution in [0.25, 0.3) is 33.3 Å². The van der Waals surface area contributed by atoms with Crippen molar-refractivity contribution in [3.8, 4) is 22.4 Å². The SMILES string of the molecule is NCc1ccc(-c2nc3ccnc(C(=O)NCCc4c[nH]cn4)c3cc2-c2ccccc2)cc1. The van der Waals surface area contributed by atoms with Crippen molar-refractivity contribution < 1.29 is 4.79 Å². The molecule has 7 nitrogen and oxygen atoms in total. The number of carbonyl (C=O) groups is 1. The molecule has 34 heavy (non-hydrogen) atoms. The van der Waals surface area contributed by atoms with Gasteiger partial charge in [-0.1, -0.05) is 54.6 Å². The first-order chi connectivity index (χ1) is 16.7. The number of hydrogen-bond donors (Lipinski definition) is 3. The van der Waals surface area contributed by atoms with Gasteiger partial charge in [0, 0.05) is 48.4 Å². The lowest BCUT2D eigenvalue weighted by molar-refractivity contribution is 0.0951. The van der Waals surface area contributed by atoms with Crippen LogP contribution in [0.5, 0.6) is 0 Å². The summed E-state index contributed by atoms with van der Waals surface area (Å²) in [6.45, 7) is 0.952. The average Bonchev–Trinajstić information content (AvgIpc) is 3.41. The second-order valence-electron chi connectivity index (χ2n) is 7.94. The van der Waals surface area contributed by atoms with Crippen LogP contribution in [0.3, 0.4) is 0 Å². The Hall–Kier alpha value is -4.36. The third-order valence-corrected chi connectivity index (χ3v) is 5.73. The molecule has 5 rings (SSSR count). The van der Waals surface area contributed by atoms with Crippen molar-refractivity contribution in [1.29, 1.82) is 0 Å². The number of carbonyl (C=O) groups excluding carboxylic acids is 1. The van der Waals surface area contributed by atoms with Crippen molar-refractivity contribution in [2.24, 2.45) is 5.73 Å². The minimum absolute atomic E-state index is 0.234. The molecule has 0 unspecified atom stereocenters. The van der Waals surface area contributed by atoms with Crippen molar-refractivity contribution in [2.75, 3.05) is 6.54 Å². The molecular weight excluding hydrogens is 424 g/mol. The molecule has 168 valence electrons. The summed E-state index contributed by atoms with van der Waals surface area (Å²) in [7, 11) is 0. The molecular formula is C27H24N6O. The molecule has 3 aromatic heterocycles. The molecule has 0 saturated carbocycles. The molecule has 0 spiro atoms. The van der Waals surface area contributed by atoms with E-state index in [4.69, 9.17) is 10.7 Å². The van der Waals surface area contributed by atoms with Crippen molar-refractivity contribution in [1.82, 2.24) is 25.3 Å². The quantitative estimate of drug-likeness (QED) is 0.347. The van der Waals surface area contributed by atoms with E-state index in [1.165, 1.54) is 0 Å². The summed E-state index contributed by atoms with van der Waals surface area (Å²) in [6.07, 6.45) is 5.71. The molecule has 0 aliphatic heterocycles. The lowest BCUT2D eigenvalue weighted by atomic mass is 9.96. The number of fused-ring (bicyclic) bond motifs is 1. The van der Waals surface area contributed by atoms with Gasteiger partial charge in [-0.05, 0) is 23.3 Å². The highest BCUT2D eigenvalue weighted by Crippen LogP contribution is 2.34. The topological polar surface area (TPSA) is 110 Å². The highest BCUT2D eigenvalue weighted by molar-refractivity contribution is 6.06. The summed E-state index contributed by atoms with van der Waals surface area (Å²) < 4.78 is 0. The van der Waals surface area contributed by atoms with Gasteiger partial charge in [0.1, 0.15) is 5.69 Å². The normalized spacial score (nSPS) is 11.0. The van der Waals surface area contributed by atoms with Crippen molar-refractivity contribution in [2.45, 2.75) is 13.0 Å². The van der Waals surface area contributed by atoms with Crippen LogP contribution in [0.4, 0.5) is 0 Å². The standard InChI is InChI=1S/C27H24N6O/c28-15-18-6-8-20(9-7-18)25-22(19-4-2-1-3-5-19)14-23-24(33-25)11-13-30-26(23)27(34)31-12-10-21-16-29-17-32-21/h1-9,11,13-14,16-17H,10,12,15,28H2,(H,29,32)(H,31,34). The maximum absolute atomic E-state index is 13.0. The molecule has 0 bridgehead atoms. The molecule has 3 heterocycles. The summed E-state index contributed by atoms with van der Waals surface area (Å²) in [5.41, 5.74) is 12.6. The third kappa shape index (κ3) is 4.42. The zero-order valence-corrected chi connectivity index (χ0v) is 18.5. The van der Waals surface area contributed by atoms with Gasteiger partial charge in [0.25, 0.3) is 5.91 Å². The molecule has 4 N–H and O–H groups in total. The Morgan fingerprint density at radius 3 is 2.53 bits per heavy atom. The minimum Gasteiger partial charge on any atom is -0.351 e. The maximum atomic E-state index is 13.0. The van der Waals surface area contributed by atoms with Crippen LogP contribution in [0, 0.1) is 0 Å². The van der Waals surface area contributed by atoms with Crippen LogP contribution in [0.15, 0.2) is 85.5 Å². The number of amides is 1. The number of nitrogens with zero attached hydrogens (tertiary/aromatic N) is 3. The van der Waals surface area contributed by atoms with E-state index in [1.807, 2.05) is 72.9 Å². The predicted molar refractivity (Wildman–Crippen MR) is 133 cm³/mol. The highest BCUT2D eigenvalue weighted by Gasteiger charge is 2.17. The van der Waals surface area contributed by atoms with E-state index in [-0.39, 0.29) is 5.91 Å². The van der Waals surface area contributed by atoms with Crippen molar-refractivity contribution in [3.63, 3.8) is 0 Å². The van der Waals surface area contributed by atoms with Gasteiger partial charge < -0.3 is 16.0 Å². The molecule has 0 atom stereocenters. The Morgan fingerprint density at radius 1 is 0.971 bits per heavy atom. The third-order valence-electron chi connectivity index (χ3n) is 5.73. The van der Waals surface area contributed by atoms with Gasteiger partial charge in [-0.15, -0.1) is 0 Å². The summed E-state index contributed by atoms with van der Waals surface area (Å²) in [5.74, 6) is -0.234. The Bertz CT molecular complexity index is 1410. The smallest absolute Gasteiger partial charge is 0.270 e. The Labute approximate surface area is 197 Å². The zero-order valence-electron chi connectivity index (χ0n) is 18.5. The van der Waals surface area contributed by atoms with Crippen molar-refractivity contribution in [3.05, 3.63) is 102 Å². The number of nitrogens with two attached hydrogens (primary N) is 1. The van der Waals surface area contributed by atoms with E-state index in [9.17, 15) is 4.79 Å². The van der Waals surface area contributed by atoms with Gasteiger partial charge in [0.2, 0.25) is 0 Å². The number of nitrogens with one attached hydrogen (secondary N) is 2. The number of imidazole rings is 1. The van der Waals surface area contributed by atoms with E-state index >= 15 is 0 Å². The number of pyridine rings is 2. The van der Waals surface area contributed by atoms with E-state index in [0.717, 1.165) is 33.6 Å². The molecule has 0 fully saturated rings. The van der Waals surface area contributed by atoms with E-state index in [0.29, 0.717) is 36.1 Å². The molecule has 0 radical (unpaired) electrons. The van der Waals surface area contributed by atoms with Crippen LogP contribution < -0.4 is 11.1 Å². The first-order valence-corrected chi connectivity index (χ1v) is 11.1. The molecule has 5 aromatic rings. The minimum atomic E-state index is -0.234. The fourth-order valence-electron chi connectivity index (χ4n) is 3.95. The second kappa shape index (κ2) is 9.64. The van der Waals surface area contributed by atoms with Gasteiger partial charge >= 0.3 is 0 Å². The first kappa shape index (κ1) is 21.5. The average molecular weight is 449 g/mol. The number of aromatic amines is 1. The summed E-state index contributed by atoms with van der Waals surface area (Å²) in [6, 6.07) is 22.0. The van der Waals surface area contributed by atoms with Gasteiger partial charge in [0.05, 0.1) is 23.2 Å². The summed E-state index contributed by atoms with van der Waals surface area (Å²) in [5, 5.41) is 3.66. The number of H-pyrrole nitrogens is 1. The van der Waals surface area contributed by atoms with Crippen LogP contribution in [-0.2, 0) is 13.0 Å². The van der Waals surface area contributed by atoms with Gasteiger partial charge in [0.15, 0.2) is 0 Å². The Morgan fingerprint density at radius 2 is 1.79 bits per heavy atom. The fourth-order valence-corrected chi connectivity index (χ4v) is 3.95. The maximum Gasteiger partial charge on any atom is 0.270 e. The van der Waals surface area contributed by atoms with Crippen molar-refractivity contribution >= 4 is 16.8 Å². The number of aromatic nitrogens is 4. The number of hydrogen-bond acceptors (Lipinski definition) is 5. The largest absolute Gasteiger partial charge is 0.351 e. The lowest BCUT2D eigenvalue weighted by Crippen LogP contribution is -2.26. The Kier molecular flexibility index (Phi) is 6.09. The van der Waals surface area contributed by atoms with Crippen LogP contribution in [0.2, 0.25) is 0 Å².